The second-order valence-electron chi connectivity index (χ2n) is 7.93. The number of carbonyl (C=O) groups is 1. The number of piperidine rings is 1. The maximum Gasteiger partial charge on any atom is 0.222 e. The van der Waals surface area contributed by atoms with Gasteiger partial charge in [0.05, 0.1) is 0 Å². The van der Waals surface area contributed by atoms with Crippen molar-refractivity contribution in [3.8, 4) is 0 Å². The van der Waals surface area contributed by atoms with Crippen molar-refractivity contribution < 1.29 is 4.79 Å². The van der Waals surface area contributed by atoms with E-state index in [2.05, 4.69) is 31.0 Å². The van der Waals surface area contributed by atoms with Crippen LogP contribution in [0.2, 0.25) is 0 Å². The molecule has 2 rings (SSSR count). The number of hydrogen-bond donors (Lipinski definition) is 1. The number of hydrogen-bond acceptors (Lipinski definition) is 2. The number of likely N-dealkylation sites (tertiary alicyclic amines) is 1. The van der Waals surface area contributed by atoms with Gasteiger partial charge in [0.15, 0.2) is 0 Å². The summed E-state index contributed by atoms with van der Waals surface area (Å²) in [6.45, 7) is 8.94. The Balaban J connectivity index is 1.82. The molecule has 3 nitrogen and oxygen atoms in total. The van der Waals surface area contributed by atoms with Crippen LogP contribution >= 0.6 is 0 Å². The number of nitrogens with one attached hydrogen (secondary N) is 1. The summed E-state index contributed by atoms with van der Waals surface area (Å²) in [5, 5.41) is 3.32. The molecule has 1 amide bonds. The van der Waals surface area contributed by atoms with E-state index >= 15 is 0 Å². The fourth-order valence-electron chi connectivity index (χ4n) is 4.49. The standard InChI is InChI=1S/C17H32N2O/c1-13-9-14(12-17(2,3)11-13)10-16(20)19-7-5-15(18-4)6-8-19/h13-15,18H,5-12H2,1-4H3. The molecule has 3 heteroatoms. The Morgan fingerprint density at radius 2 is 1.90 bits per heavy atom. The summed E-state index contributed by atoms with van der Waals surface area (Å²) in [5.41, 5.74) is 0.418. The third kappa shape index (κ3) is 4.21. The summed E-state index contributed by atoms with van der Waals surface area (Å²) in [4.78, 5) is 14.6. The summed E-state index contributed by atoms with van der Waals surface area (Å²) in [7, 11) is 2.02. The predicted molar refractivity (Wildman–Crippen MR) is 83.6 cm³/mol. The van der Waals surface area contributed by atoms with Crippen molar-refractivity contribution in [2.45, 2.75) is 65.3 Å². The van der Waals surface area contributed by atoms with E-state index in [1.807, 2.05) is 7.05 Å². The molecule has 1 aliphatic carbocycles. The van der Waals surface area contributed by atoms with Gasteiger partial charge in [-0.1, -0.05) is 20.8 Å². The molecule has 1 saturated heterocycles. The van der Waals surface area contributed by atoms with Gasteiger partial charge in [0.25, 0.3) is 0 Å². The lowest BCUT2D eigenvalue weighted by atomic mass is 9.67. The number of amides is 1. The number of carbonyl (C=O) groups excluding carboxylic acids is 1. The molecule has 2 unspecified atom stereocenters. The van der Waals surface area contributed by atoms with Crippen molar-refractivity contribution in [3.05, 3.63) is 0 Å². The summed E-state index contributed by atoms with van der Waals surface area (Å²) in [6.07, 6.45) is 6.76. The van der Waals surface area contributed by atoms with Gasteiger partial charge in [-0.05, 0) is 56.4 Å². The Kier molecular flexibility index (Phi) is 5.11. The van der Waals surface area contributed by atoms with Crippen LogP contribution in [0.15, 0.2) is 0 Å². The molecule has 1 saturated carbocycles. The molecular weight excluding hydrogens is 248 g/mol. The van der Waals surface area contributed by atoms with Crippen LogP contribution in [0, 0.1) is 17.3 Å². The van der Waals surface area contributed by atoms with E-state index in [-0.39, 0.29) is 0 Å². The van der Waals surface area contributed by atoms with Gasteiger partial charge in [-0.3, -0.25) is 4.79 Å². The van der Waals surface area contributed by atoms with E-state index in [9.17, 15) is 4.79 Å². The van der Waals surface area contributed by atoms with Crippen LogP contribution < -0.4 is 5.32 Å². The fraction of sp³-hybridized carbons (Fsp3) is 0.941. The Labute approximate surface area is 124 Å². The average molecular weight is 280 g/mol. The van der Waals surface area contributed by atoms with Crippen LogP contribution in [0.3, 0.4) is 0 Å². The molecule has 1 aliphatic heterocycles. The molecule has 0 aromatic rings. The van der Waals surface area contributed by atoms with Crippen LogP contribution in [0.1, 0.15) is 59.3 Å². The fourth-order valence-corrected chi connectivity index (χ4v) is 4.49. The molecular formula is C17H32N2O. The molecule has 1 N–H and O–H groups in total. The monoisotopic (exact) mass is 280 g/mol. The van der Waals surface area contributed by atoms with Gasteiger partial charge in [0.1, 0.15) is 0 Å². The van der Waals surface area contributed by atoms with Crippen molar-refractivity contribution in [1.29, 1.82) is 0 Å². The first-order valence-corrected chi connectivity index (χ1v) is 8.34. The minimum atomic E-state index is 0.398. The minimum absolute atomic E-state index is 0.398. The first-order chi connectivity index (χ1) is 9.39. The lowest BCUT2D eigenvalue weighted by molar-refractivity contribution is -0.134. The zero-order chi connectivity index (χ0) is 14.8. The van der Waals surface area contributed by atoms with Crippen LogP contribution in [0.25, 0.3) is 0 Å². The molecule has 0 bridgehead atoms. The zero-order valence-corrected chi connectivity index (χ0v) is 13.7. The van der Waals surface area contributed by atoms with E-state index < -0.39 is 0 Å². The van der Waals surface area contributed by atoms with Gasteiger partial charge in [0, 0.05) is 25.6 Å². The summed E-state index contributed by atoms with van der Waals surface area (Å²) in [5.74, 6) is 1.77. The van der Waals surface area contributed by atoms with Crippen molar-refractivity contribution in [2.75, 3.05) is 20.1 Å². The smallest absolute Gasteiger partial charge is 0.222 e. The molecule has 0 aromatic carbocycles. The maximum atomic E-state index is 12.5. The van der Waals surface area contributed by atoms with Crippen LogP contribution in [0.4, 0.5) is 0 Å². The van der Waals surface area contributed by atoms with E-state index in [0.29, 0.717) is 23.3 Å². The quantitative estimate of drug-likeness (QED) is 0.862. The van der Waals surface area contributed by atoms with Crippen LogP contribution in [-0.4, -0.2) is 37.0 Å². The van der Waals surface area contributed by atoms with Crippen molar-refractivity contribution in [3.63, 3.8) is 0 Å². The maximum absolute atomic E-state index is 12.5. The molecule has 20 heavy (non-hydrogen) atoms. The third-order valence-corrected chi connectivity index (χ3v) is 5.20. The highest BCUT2D eigenvalue weighted by molar-refractivity contribution is 5.76. The first-order valence-electron chi connectivity index (χ1n) is 8.34. The van der Waals surface area contributed by atoms with Gasteiger partial charge < -0.3 is 10.2 Å². The first kappa shape index (κ1) is 15.8. The summed E-state index contributed by atoms with van der Waals surface area (Å²) in [6, 6.07) is 0.604. The van der Waals surface area contributed by atoms with Gasteiger partial charge in [-0.25, -0.2) is 0 Å². The lowest BCUT2D eigenvalue weighted by Crippen LogP contribution is -2.44. The van der Waals surface area contributed by atoms with Crippen molar-refractivity contribution >= 4 is 5.91 Å². The SMILES string of the molecule is CNC1CCN(C(=O)CC2CC(C)CC(C)(C)C2)CC1. The summed E-state index contributed by atoms with van der Waals surface area (Å²) >= 11 is 0. The molecule has 2 aliphatic rings. The molecule has 0 aromatic heterocycles. The van der Waals surface area contributed by atoms with E-state index in [0.717, 1.165) is 38.3 Å². The molecule has 1 heterocycles. The van der Waals surface area contributed by atoms with Crippen LogP contribution in [-0.2, 0) is 4.79 Å². The van der Waals surface area contributed by atoms with Gasteiger partial charge >= 0.3 is 0 Å². The van der Waals surface area contributed by atoms with E-state index in [1.165, 1.54) is 19.3 Å². The summed E-state index contributed by atoms with van der Waals surface area (Å²) < 4.78 is 0. The van der Waals surface area contributed by atoms with Crippen LogP contribution in [0.5, 0.6) is 0 Å². The third-order valence-electron chi connectivity index (χ3n) is 5.20. The highest BCUT2D eigenvalue weighted by Gasteiger charge is 2.34. The Morgan fingerprint density at radius 3 is 2.45 bits per heavy atom. The van der Waals surface area contributed by atoms with Gasteiger partial charge in [0.2, 0.25) is 5.91 Å². The normalized spacial score (nSPS) is 31.3. The van der Waals surface area contributed by atoms with Crippen molar-refractivity contribution in [2.24, 2.45) is 17.3 Å². The molecule has 0 spiro atoms. The zero-order valence-electron chi connectivity index (χ0n) is 13.7. The minimum Gasteiger partial charge on any atom is -0.343 e. The molecule has 2 atom stereocenters. The largest absolute Gasteiger partial charge is 0.343 e. The molecule has 116 valence electrons. The number of rotatable bonds is 3. The Bertz CT molecular complexity index is 332. The topological polar surface area (TPSA) is 32.3 Å². The van der Waals surface area contributed by atoms with Crippen molar-refractivity contribution in [1.82, 2.24) is 10.2 Å². The average Bonchev–Trinajstić information content (AvgIpc) is 2.36. The molecule has 0 radical (unpaired) electrons. The lowest BCUT2D eigenvalue weighted by Gasteiger charge is -2.40. The Morgan fingerprint density at radius 1 is 1.25 bits per heavy atom. The molecule has 2 fully saturated rings. The van der Waals surface area contributed by atoms with E-state index in [1.54, 1.807) is 0 Å². The highest BCUT2D eigenvalue weighted by Crippen LogP contribution is 2.43. The Hall–Kier alpha value is -0.570. The van der Waals surface area contributed by atoms with E-state index in [4.69, 9.17) is 0 Å². The van der Waals surface area contributed by atoms with Gasteiger partial charge in [-0.15, -0.1) is 0 Å². The second-order valence-corrected chi connectivity index (χ2v) is 7.93. The predicted octanol–water partition coefficient (Wildman–Crippen LogP) is 3.05. The highest BCUT2D eigenvalue weighted by atomic mass is 16.2. The second kappa shape index (κ2) is 6.46. The number of nitrogens with zero attached hydrogens (tertiary/aromatic N) is 1. The van der Waals surface area contributed by atoms with Gasteiger partial charge in [-0.2, -0.15) is 0 Å².